The van der Waals surface area contributed by atoms with Gasteiger partial charge < -0.3 is 10.2 Å². The molecule has 4 rings (SSSR count). The number of nitrogens with zero attached hydrogens (tertiary/aromatic N) is 2. The lowest BCUT2D eigenvalue weighted by Crippen LogP contribution is -2.52. The van der Waals surface area contributed by atoms with E-state index in [0.29, 0.717) is 43.3 Å². The highest BCUT2D eigenvalue weighted by atomic mass is 35.5. The summed E-state index contributed by atoms with van der Waals surface area (Å²) in [5.74, 6) is -0.0463. The van der Waals surface area contributed by atoms with Crippen LogP contribution in [0.2, 0.25) is 5.02 Å². The Bertz CT molecular complexity index is 1100. The summed E-state index contributed by atoms with van der Waals surface area (Å²) in [7, 11) is 0. The van der Waals surface area contributed by atoms with Crippen LogP contribution in [-0.4, -0.2) is 47.8 Å². The highest BCUT2D eigenvalue weighted by molar-refractivity contribution is 6.31. The molecule has 170 valence electrons. The minimum atomic E-state index is -0.403. The van der Waals surface area contributed by atoms with E-state index in [1.807, 2.05) is 78.6 Å². The van der Waals surface area contributed by atoms with E-state index >= 15 is 0 Å². The lowest BCUT2D eigenvalue weighted by atomic mass is 10.0. The molecule has 0 unspecified atom stereocenters. The van der Waals surface area contributed by atoms with E-state index in [2.05, 4.69) is 10.2 Å². The van der Waals surface area contributed by atoms with Crippen LogP contribution in [0.5, 0.6) is 0 Å². The molecule has 1 heterocycles. The number of benzene rings is 3. The molecule has 0 radical (unpaired) electrons. The molecule has 0 aromatic heterocycles. The lowest BCUT2D eigenvalue weighted by Gasteiger charge is -2.39. The molecule has 0 saturated carbocycles. The summed E-state index contributed by atoms with van der Waals surface area (Å²) in [5.41, 5.74) is 3.56. The summed E-state index contributed by atoms with van der Waals surface area (Å²) in [5, 5.41) is 3.65. The van der Waals surface area contributed by atoms with Crippen LogP contribution in [0.4, 0.5) is 0 Å². The number of aryl methyl sites for hydroxylation is 1. The number of amides is 2. The van der Waals surface area contributed by atoms with Gasteiger partial charge in [0.05, 0.1) is 0 Å². The number of nitrogens with one attached hydrogen (secondary N) is 1. The highest BCUT2D eigenvalue weighted by Gasteiger charge is 2.32. The Hall–Kier alpha value is -3.15. The quantitative estimate of drug-likeness (QED) is 0.589. The normalized spacial score (nSPS) is 15.2. The van der Waals surface area contributed by atoms with Crippen LogP contribution >= 0.6 is 11.6 Å². The zero-order valence-electron chi connectivity index (χ0n) is 18.7. The second kappa shape index (κ2) is 10.6. The molecule has 1 atom stereocenters. The van der Waals surface area contributed by atoms with Crippen LogP contribution in [0, 0.1) is 6.92 Å². The van der Waals surface area contributed by atoms with Gasteiger partial charge >= 0.3 is 0 Å². The van der Waals surface area contributed by atoms with Crippen LogP contribution in [0.15, 0.2) is 78.9 Å². The first kappa shape index (κ1) is 23.0. The van der Waals surface area contributed by atoms with Crippen molar-refractivity contribution < 1.29 is 9.59 Å². The van der Waals surface area contributed by atoms with Gasteiger partial charge in [0.2, 0.25) is 5.91 Å². The smallest absolute Gasteiger partial charge is 0.254 e. The van der Waals surface area contributed by atoms with Crippen molar-refractivity contribution in [1.29, 1.82) is 0 Å². The van der Waals surface area contributed by atoms with E-state index < -0.39 is 6.04 Å². The maximum absolute atomic E-state index is 13.3. The third-order valence-corrected chi connectivity index (χ3v) is 6.30. The van der Waals surface area contributed by atoms with Crippen LogP contribution in [0.1, 0.15) is 33.1 Å². The predicted octanol–water partition coefficient (Wildman–Crippen LogP) is 4.46. The number of hydrogen-bond acceptors (Lipinski definition) is 3. The first-order chi connectivity index (χ1) is 16.0. The second-order valence-electron chi connectivity index (χ2n) is 8.30. The monoisotopic (exact) mass is 461 g/mol. The van der Waals surface area contributed by atoms with Crippen molar-refractivity contribution in [3.05, 3.63) is 106 Å². The third-order valence-electron chi connectivity index (χ3n) is 6.07. The molecule has 3 aromatic carbocycles. The first-order valence-corrected chi connectivity index (χ1v) is 11.6. The van der Waals surface area contributed by atoms with Crippen LogP contribution in [0.3, 0.4) is 0 Å². The molecule has 3 aromatic rings. The highest BCUT2D eigenvalue weighted by Crippen LogP contribution is 2.24. The first-order valence-electron chi connectivity index (χ1n) is 11.2. The molecule has 0 aliphatic carbocycles. The van der Waals surface area contributed by atoms with Crippen LogP contribution < -0.4 is 5.32 Å². The number of carbonyl (C=O) groups excluding carboxylic acids is 2. The average Bonchev–Trinajstić information content (AvgIpc) is 2.86. The molecule has 1 N–H and O–H groups in total. The van der Waals surface area contributed by atoms with Crippen molar-refractivity contribution in [2.75, 3.05) is 26.2 Å². The topological polar surface area (TPSA) is 52.7 Å². The van der Waals surface area contributed by atoms with E-state index in [0.717, 1.165) is 16.7 Å². The second-order valence-corrected chi connectivity index (χ2v) is 8.74. The Morgan fingerprint density at radius 2 is 1.55 bits per heavy atom. The maximum Gasteiger partial charge on any atom is 0.254 e. The standard InChI is InChI=1S/C27H28ClN3O2/c1-20-12-13-23(28)18-24(20)27(33)31-16-14-30(15-17-31)25(22-10-6-3-7-11-22)26(32)29-19-21-8-4-2-5-9-21/h2-13,18,25H,14-17,19H2,1H3,(H,29,32)/t25-/m1/s1. The Labute approximate surface area is 200 Å². The molecule has 1 aliphatic heterocycles. The van der Waals surface area contributed by atoms with Crippen molar-refractivity contribution >= 4 is 23.4 Å². The maximum atomic E-state index is 13.3. The zero-order chi connectivity index (χ0) is 23.2. The number of piperazine rings is 1. The van der Waals surface area contributed by atoms with Crippen LogP contribution in [0.25, 0.3) is 0 Å². The number of halogens is 1. The summed E-state index contributed by atoms with van der Waals surface area (Å²) in [6.07, 6.45) is 0. The van der Waals surface area contributed by atoms with E-state index in [4.69, 9.17) is 11.6 Å². The van der Waals surface area contributed by atoms with Crippen molar-refractivity contribution in [2.45, 2.75) is 19.5 Å². The van der Waals surface area contributed by atoms with Gasteiger partial charge in [0, 0.05) is 43.3 Å². The molecule has 1 fully saturated rings. The molecule has 33 heavy (non-hydrogen) atoms. The van der Waals surface area contributed by atoms with Crippen molar-refractivity contribution in [2.24, 2.45) is 0 Å². The van der Waals surface area contributed by atoms with Gasteiger partial charge in [-0.25, -0.2) is 0 Å². The van der Waals surface area contributed by atoms with Crippen molar-refractivity contribution in [1.82, 2.24) is 15.1 Å². The van der Waals surface area contributed by atoms with Gasteiger partial charge in [-0.2, -0.15) is 0 Å². The fourth-order valence-electron chi connectivity index (χ4n) is 4.22. The summed E-state index contributed by atoms with van der Waals surface area (Å²) < 4.78 is 0. The Kier molecular flexibility index (Phi) is 7.43. The van der Waals surface area contributed by atoms with Crippen LogP contribution in [-0.2, 0) is 11.3 Å². The molecular formula is C27H28ClN3O2. The molecular weight excluding hydrogens is 434 g/mol. The number of carbonyl (C=O) groups is 2. The SMILES string of the molecule is Cc1ccc(Cl)cc1C(=O)N1CCN([C@@H](C(=O)NCc2ccccc2)c2ccccc2)CC1. The zero-order valence-corrected chi connectivity index (χ0v) is 19.5. The minimum absolute atomic E-state index is 0.0144. The van der Waals surface area contributed by atoms with Gasteiger partial charge in [-0.3, -0.25) is 14.5 Å². The van der Waals surface area contributed by atoms with Crippen molar-refractivity contribution in [3.63, 3.8) is 0 Å². The van der Waals surface area contributed by atoms with Gasteiger partial charge in [0.15, 0.2) is 0 Å². The molecule has 6 heteroatoms. The summed E-state index contributed by atoms with van der Waals surface area (Å²) in [6, 6.07) is 24.7. The van der Waals surface area contributed by atoms with E-state index in [-0.39, 0.29) is 11.8 Å². The van der Waals surface area contributed by atoms with Gasteiger partial charge in [-0.15, -0.1) is 0 Å². The Morgan fingerprint density at radius 1 is 0.909 bits per heavy atom. The molecule has 5 nitrogen and oxygen atoms in total. The minimum Gasteiger partial charge on any atom is -0.350 e. The Balaban J connectivity index is 1.45. The summed E-state index contributed by atoms with van der Waals surface area (Å²) in [6.45, 7) is 4.74. The largest absolute Gasteiger partial charge is 0.350 e. The van der Waals surface area contributed by atoms with Gasteiger partial charge in [-0.05, 0) is 35.7 Å². The third kappa shape index (κ3) is 5.62. The van der Waals surface area contributed by atoms with Gasteiger partial charge in [0.25, 0.3) is 5.91 Å². The molecule has 1 saturated heterocycles. The predicted molar refractivity (Wildman–Crippen MR) is 131 cm³/mol. The summed E-state index contributed by atoms with van der Waals surface area (Å²) in [4.78, 5) is 30.4. The Morgan fingerprint density at radius 3 is 2.21 bits per heavy atom. The molecule has 1 aliphatic rings. The fraction of sp³-hybridized carbons (Fsp3) is 0.259. The van der Waals surface area contributed by atoms with E-state index in [1.54, 1.807) is 12.1 Å². The number of hydrogen-bond donors (Lipinski definition) is 1. The number of rotatable bonds is 6. The lowest BCUT2D eigenvalue weighted by molar-refractivity contribution is -0.127. The van der Waals surface area contributed by atoms with E-state index in [9.17, 15) is 9.59 Å². The van der Waals surface area contributed by atoms with Crippen molar-refractivity contribution in [3.8, 4) is 0 Å². The van der Waals surface area contributed by atoms with Gasteiger partial charge in [-0.1, -0.05) is 78.3 Å². The fourth-order valence-corrected chi connectivity index (χ4v) is 4.40. The van der Waals surface area contributed by atoms with E-state index in [1.165, 1.54) is 0 Å². The molecule has 0 bridgehead atoms. The summed E-state index contributed by atoms with van der Waals surface area (Å²) >= 11 is 6.12. The average molecular weight is 462 g/mol. The van der Waals surface area contributed by atoms with Gasteiger partial charge in [0.1, 0.15) is 6.04 Å². The molecule has 0 spiro atoms. The molecule has 2 amide bonds.